The lowest BCUT2D eigenvalue weighted by atomic mass is 9.98. The maximum absolute atomic E-state index is 13.2. The van der Waals surface area contributed by atoms with E-state index in [1.807, 2.05) is 12.1 Å². The molecule has 2 aromatic carbocycles. The summed E-state index contributed by atoms with van der Waals surface area (Å²) in [5, 5.41) is 0.584. The van der Waals surface area contributed by atoms with Crippen molar-refractivity contribution in [3.63, 3.8) is 0 Å². The van der Waals surface area contributed by atoms with Crippen LogP contribution in [0.2, 0.25) is 15.1 Å². The molecule has 1 N–H and O–H groups in total. The van der Waals surface area contributed by atoms with Crippen LogP contribution < -0.4 is 14.2 Å². The van der Waals surface area contributed by atoms with Crippen molar-refractivity contribution in [3.8, 4) is 11.6 Å². The Morgan fingerprint density at radius 3 is 2.51 bits per heavy atom. The van der Waals surface area contributed by atoms with Gasteiger partial charge in [-0.05, 0) is 88.0 Å². The van der Waals surface area contributed by atoms with Gasteiger partial charge in [-0.25, -0.2) is 18.4 Å². The summed E-state index contributed by atoms with van der Waals surface area (Å²) in [6.07, 6.45) is 4.53. The van der Waals surface area contributed by atoms with E-state index in [2.05, 4.69) is 26.6 Å². The molecule has 12 heteroatoms. The van der Waals surface area contributed by atoms with Crippen LogP contribution in [0, 0.1) is 5.92 Å². The van der Waals surface area contributed by atoms with Crippen molar-refractivity contribution in [1.82, 2.24) is 14.9 Å². The van der Waals surface area contributed by atoms with Crippen molar-refractivity contribution in [3.05, 3.63) is 68.4 Å². The predicted octanol–water partition coefficient (Wildman–Crippen LogP) is 6.03. The fourth-order valence-corrected chi connectivity index (χ4v) is 6.62. The third kappa shape index (κ3) is 6.72. The number of nitrogens with one attached hydrogen (secondary N) is 1. The van der Waals surface area contributed by atoms with Crippen molar-refractivity contribution in [2.75, 3.05) is 31.5 Å². The first-order valence-corrected chi connectivity index (χ1v) is 15.4. The van der Waals surface area contributed by atoms with Crippen molar-refractivity contribution in [1.29, 1.82) is 0 Å². The molecule has 0 unspecified atom stereocenters. The molecule has 2 heterocycles. The Balaban J connectivity index is 1.33. The largest absolute Gasteiger partial charge is 0.492 e. The van der Waals surface area contributed by atoms with E-state index < -0.39 is 10.0 Å². The molecule has 1 aromatic heterocycles. The molecule has 0 spiro atoms. The fraction of sp³-hybridized carbons (Fsp3) is 0.407. The number of rotatable bonds is 9. The molecule has 1 aliphatic carbocycles. The highest BCUT2D eigenvalue weighted by Gasteiger charge is 2.26. The number of likely N-dealkylation sites (tertiary alicyclic amines) is 1. The van der Waals surface area contributed by atoms with Crippen molar-refractivity contribution >= 4 is 50.6 Å². The maximum atomic E-state index is 13.2. The summed E-state index contributed by atoms with van der Waals surface area (Å²) in [4.78, 5) is 11.3. The summed E-state index contributed by atoms with van der Waals surface area (Å²) in [7, 11) is -1.98. The summed E-state index contributed by atoms with van der Waals surface area (Å²) in [5.41, 5.74) is 2.34. The van der Waals surface area contributed by atoms with E-state index in [1.165, 1.54) is 18.2 Å². The highest BCUT2D eigenvalue weighted by atomic mass is 35.5. The first kappa shape index (κ1) is 28.2. The van der Waals surface area contributed by atoms with Gasteiger partial charge in [0.25, 0.3) is 15.9 Å². The van der Waals surface area contributed by atoms with Gasteiger partial charge in [0, 0.05) is 0 Å². The Hall–Kier alpha value is -2.30. The standard InChI is InChI=1S/C27H29Cl3N4O4S/c1-34-12-10-17(11-13-34)15-37-23-14-18(8-9-19(23)28)16-38-27-26(31-21-5-3-6-22(21)32-27)33-39(35,36)24-7-2-4-20(29)25(24)30/h2,4,7-9,14,17H,3,5-6,10-13,15-16H2,1H3,(H,31,33). The number of hydrogen-bond acceptors (Lipinski definition) is 7. The van der Waals surface area contributed by atoms with Crippen LogP contribution >= 0.6 is 34.8 Å². The molecule has 39 heavy (non-hydrogen) atoms. The zero-order valence-electron chi connectivity index (χ0n) is 21.4. The van der Waals surface area contributed by atoms with E-state index in [0.717, 1.165) is 55.7 Å². The number of aromatic nitrogens is 2. The molecule has 3 aromatic rings. The minimum absolute atomic E-state index is 0.000560. The molecule has 0 atom stereocenters. The summed E-state index contributed by atoms with van der Waals surface area (Å²) in [5.74, 6) is 1.16. The summed E-state index contributed by atoms with van der Waals surface area (Å²) in [6.45, 7) is 2.84. The van der Waals surface area contributed by atoms with E-state index >= 15 is 0 Å². The number of sulfonamides is 1. The van der Waals surface area contributed by atoms with Gasteiger partial charge in [-0.2, -0.15) is 0 Å². The Morgan fingerprint density at radius 1 is 1.00 bits per heavy atom. The topological polar surface area (TPSA) is 93.7 Å². The summed E-state index contributed by atoms with van der Waals surface area (Å²) in [6, 6.07) is 9.85. The molecule has 5 rings (SSSR count). The quantitative estimate of drug-likeness (QED) is 0.316. The second-order valence-corrected chi connectivity index (χ2v) is 12.7. The molecule has 2 aliphatic rings. The number of halogens is 3. The average molecular weight is 612 g/mol. The van der Waals surface area contributed by atoms with Gasteiger partial charge in [0.15, 0.2) is 0 Å². The molecule has 0 saturated carbocycles. The normalized spacial score (nSPS) is 16.2. The molecule has 0 amide bonds. The van der Waals surface area contributed by atoms with Gasteiger partial charge in [0.05, 0.1) is 33.1 Å². The van der Waals surface area contributed by atoms with Gasteiger partial charge in [-0.3, -0.25) is 4.72 Å². The lowest BCUT2D eigenvalue weighted by molar-refractivity contribution is 0.160. The van der Waals surface area contributed by atoms with E-state index in [4.69, 9.17) is 44.3 Å². The van der Waals surface area contributed by atoms with Gasteiger partial charge in [0.1, 0.15) is 17.3 Å². The number of piperidine rings is 1. The minimum atomic E-state index is -4.11. The third-order valence-corrected chi connectivity index (χ3v) is 9.59. The van der Waals surface area contributed by atoms with Gasteiger partial charge < -0.3 is 14.4 Å². The SMILES string of the molecule is CN1CCC(COc2cc(COc3nc4c(nc3NS(=O)(=O)c3cccc(Cl)c3Cl)CCC4)ccc2Cl)CC1. The molecular formula is C27H29Cl3N4O4S. The second-order valence-electron chi connectivity index (χ2n) is 9.89. The Bertz CT molecular complexity index is 1460. The average Bonchev–Trinajstić information content (AvgIpc) is 3.36. The first-order chi connectivity index (χ1) is 18.7. The molecule has 1 aliphatic heterocycles. The molecule has 1 fully saturated rings. The third-order valence-electron chi connectivity index (χ3n) is 6.97. The van der Waals surface area contributed by atoms with E-state index in [0.29, 0.717) is 29.7 Å². The summed E-state index contributed by atoms with van der Waals surface area (Å²) < 4.78 is 41.0. The van der Waals surface area contributed by atoms with Crippen LogP contribution in [0.15, 0.2) is 41.3 Å². The molecule has 8 nitrogen and oxygen atoms in total. The van der Waals surface area contributed by atoms with Crippen LogP contribution in [0.1, 0.15) is 36.2 Å². The predicted molar refractivity (Wildman–Crippen MR) is 153 cm³/mol. The molecule has 0 radical (unpaired) electrons. The van der Waals surface area contributed by atoms with Crippen LogP contribution in [-0.4, -0.2) is 50.0 Å². The number of ether oxygens (including phenoxy) is 2. The number of hydrogen-bond donors (Lipinski definition) is 1. The summed E-state index contributed by atoms with van der Waals surface area (Å²) >= 11 is 18.6. The van der Waals surface area contributed by atoms with E-state index in [1.54, 1.807) is 6.07 Å². The van der Waals surface area contributed by atoms with Crippen molar-refractivity contribution in [2.24, 2.45) is 5.92 Å². The minimum Gasteiger partial charge on any atom is -0.492 e. The zero-order valence-corrected chi connectivity index (χ0v) is 24.5. The molecular weight excluding hydrogens is 583 g/mol. The maximum Gasteiger partial charge on any atom is 0.264 e. The van der Waals surface area contributed by atoms with Crippen molar-refractivity contribution < 1.29 is 17.9 Å². The van der Waals surface area contributed by atoms with Crippen LogP contribution in [-0.2, 0) is 29.5 Å². The highest BCUT2D eigenvalue weighted by Crippen LogP contribution is 2.34. The molecule has 1 saturated heterocycles. The first-order valence-electron chi connectivity index (χ1n) is 12.8. The lowest BCUT2D eigenvalue weighted by Gasteiger charge is -2.28. The van der Waals surface area contributed by atoms with Crippen LogP contribution in [0.3, 0.4) is 0 Å². The number of benzene rings is 2. The van der Waals surface area contributed by atoms with Crippen molar-refractivity contribution in [2.45, 2.75) is 43.6 Å². The molecule has 208 valence electrons. The smallest absolute Gasteiger partial charge is 0.264 e. The van der Waals surface area contributed by atoms with Gasteiger partial charge in [-0.15, -0.1) is 0 Å². The number of aryl methyl sites for hydroxylation is 2. The second kappa shape index (κ2) is 12.1. The Labute approximate surface area is 243 Å². The number of anilines is 1. The van der Waals surface area contributed by atoms with Gasteiger partial charge in [-0.1, -0.05) is 46.9 Å². The zero-order chi connectivity index (χ0) is 27.6. The van der Waals surface area contributed by atoms with Gasteiger partial charge >= 0.3 is 0 Å². The van der Waals surface area contributed by atoms with Crippen LogP contribution in [0.4, 0.5) is 5.82 Å². The van der Waals surface area contributed by atoms with Gasteiger partial charge in [0.2, 0.25) is 5.82 Å². The number of nitrogens with zero attached hydrogens (tertiary/aromatic N) is 3. The van der Waals surface area contributed by atoms with Crippen LogP contribution in [0.5, 0.6) is 11.6 Å². The monoisotopic (exact) mass is 610 g/mol. The van der Waals surface area contributed by atoms with E-state index in [9.17, 15) is 8.42 Å². The highest BCUT2D eigenvalue weighted by molar-refractivity contribution is 7.92. The van der Waals surface area contributed by atoms with E-state index in [-0.39, 0.29) is 33.2 Å². The Morgan fingerprint density at radius 2 is 1.74 bits per heavy atom. The number of fused-ring (bicyclic) bond motifs is 1. The Kier molecular flexibility index (Phi) is 8.73. The fourth-order valence-electron chi connectivity index (χ4n) is 4.69. The lowest BCUT2D eigenvalue weighted by Crippen LogP contribution is -2.32. The molecule has 0 bridgehead atoms. The van der Waals surface area contributed by atoms with Crippen LogP contribution in [0.25, 0.3) is 0 Å².